The summed E-state index contributed by atoms with van der Waals surface area (Å²) in [6.07, 6.45) is 4.49. The monoisotopic (exact) mass is 483 g/mol. The topological polar surface area (TPSA) is 226 Å². The lowest BCUT2D eigenvalue weighted by Gasteiger charge is -2.25. The van der Waals surface area contributed by atoms with Gasteiger partial charge in [0.1, 0.15) is 24.2 Å². The van der Waals surface area contributed by atoms with Gasteiger partial charge in [-0.05, 0) is 38.1 Å². The molecule has 13 nitrogen and oxygen atoms in total. The molecule has 0 aliphatic carbocycles. The smallest absolute Gasteiger partial charge is 0.326 e. The van der Waals surface area contributed by atoms with Crippen LogP contribution in [-0.4, -0.2) is 81.2 Å². The average molecular weight is 484 g/mol. The molecule has 1 rings (SSSR count). The molecule has 192 valence electrons. The predicted molar refractivity (Wildman–Crippen MR) is 123 cm³/mol. The van der Waals surface area contributed by atoms with Crippen molar-refractivity contribution in [1.29, 1.82) is 0 Å². The lowest BCUT2D eigenvalue weighted by molar-refractivity contribution is -0.142. The number of imidazole rings is 1. The van der Waals surface area contributed by atoms with Gasteiger partial charge in [0, 0.05) is 18.3 Å². The summed E-state index contributed by atoms with van der Waals surface area (Å²) in [5.41, 5.74) is 11.6. The van der Waals surface area contributed by atoms with Crippen LogP contribution in [0.1, 0.15) is 45.2 Å². The molecule has 0 aromatic carbocycles. The third-order valence-electron chi connectivity index (χ3n) is 5.05. The number of hydrogen-bond donors (Lipinski definition) is 8. The van der Waals surface area contributed by atoms with Gasteiger partial charge in [-0.2, -0.15) is 0 Å². The highest BCUT2D eigenvalue weighted by Crippen LogP contribution is 2.08. The van der Waals surface area contributed by atoms with E-state index in [2.05, 4.69) is 25.9 Å². The Kier molecular flexibility index (Phi) is 12.8. The van der Waals surface area contributed by atoms with Crippen molar-refractivity contribution in [3.63, 3.8) is 0 Å². The SMILES string of the molecule is CC(C)CC(NC(=O)C(Cc1cnc[nH]1)NC(=O)C(CCCCN)NC(=O)C(N)CO)C(=O)O. The van der Waals surface area contributed by atoms with Crippen molar-refractivity contribution >= 4 is 23.7 Å². The fraction of sp³-hybridized carbons (Fsp3) is 0.667. The Balaban J connectivity index is 3.04. The van der Waals surface area contributed by atoms with E-state index in [9.17, 15) is 24.3 Å². The quantitative estimate of drug-likeness (QED) is 0.121. The molecule has 0 saturated heterocycles. The van der Waals surface area contributed by atoms with Gasteiger partial charge in [-0.3, -0.25) is 14.4 Å². The standard InChI is InChI=1S/C21H37N7O6/c1-12(2)7-17(21(33)34)28-20(32)16(8-13-9-24-11-25-13)27-19(31)15(5-3-4-6-22)26-18(30)14(23)10-29/h9,11-12,14-17,29H,3-8,10,22-23H2,1-2H3,(H,24,25)(H,26,30)(H,27,31)(H,28,32)(H,33,34). The van der Waals surface area contributed by atoms with E-state index in [0.717, 1.165) is 0 Å². The van der Waals surface area contributed by atoms with Crippen LogP contribution in [0.4, 0.5) is 0 Å². The van der Waals surface area contributed by atoms with Crippen molar-refractivity contribution in [2.45, 2.75) is 70.1 Å². The van der Waals surface area contributed by atoms with Crippen LogP contribution in [0.5, 0.6) is 0 Å². The van der Waals surface area contributed by atoms with Crippen molar-refractivity contribution in [2.24, 2.45) is 17.4 Å². The van der Waals surface area contributed by atoms with Crippen LogP contribution in [0.15, 0.2) is 12.5 Å². The van der Waals surface area contributed by atoms with E-state index in [1.807, 2.05) is 13.8 Å². The minimum absolute atomic E-state index is 0.0138. The molecule has 1 aromatic rings. The van der Waals surface area contributed by atoms with Gasteiger partial charge in [-0.15, -0.1) is 0 Å². The second-order valence-corrected chi connectivity index (χ2v) is 8.51. The van der Waals surface area contributed by atoms with Crippen LogP contribution in [-0.2, 0) is 25.6 Å². The highest BCUT2D eigenvalue weighted by atomic mass is 16.4. The Morgan fingerprint density at radius 3 is 2.18 bits per heavy atom. The Bertz CT molecular complexity index is 787. The number of nitrogens with two attached hydrogens (primary N) is 2. The Hall–Kier alpha value is -3.03. The van der Waals surface area contributed by atoms with Gasteiger partial charge in [-0.25, -0.2) is 9.78 Å². The van der Waals surface area contributed by atoms with Gasteiger partial charge in [0.25, 0.3) is 0 Å². The first kappa shape index (κ1) is 29.0. The second-order valence-electron chi connectivity index (χ2n) is 8.51. The van der Waals surface area contributed by atoms with Gasteiger partial charge in [-0.1, -0.05) is 13.8 Å². The molecule has 13 heteroatoms. The number of carboxylic acid groups (broad SMARTS) is 1. The Morgan fingerprint density at radius 2 is 1.65 bits per heavy atom. The molecular formula is C21H37N7O6. The molecule has 0 fully saturated rings. The first-order valence-corrected chi connectivity index (χ1v) is 11.3. The number of aliphatic carboxylic acids is 1. The summed E-state index contributed by atoms with van der Waals surface area (Å²) >= 11 is 0. The summed E-state index contributed by atoms with van der Waals surface area (Å²) in [5, 5.41) is 26.2. The summed E-state index contributed by atoms with van der Waals surface area (Å²) in [6, 6.07) is -4.50. The van der Waals surface area contributed by atoms with Crippen LogP contribution < -0.4 is 27.4 Å². The maximum absolute atomic E-state index is 13.0. The number of carbonyl (C=O) groups is 4. The molecular weight excluding hydrogens is 446 g/mol. The number of carboxylic acids is 1. The molecule has 0 saturated carbocycles. The number of nitrogens with one attached hydrogen (secondary N) is 4. The highest BCUT2D eigenvalue weighted by molar-refractivity contribution is 5.94. The minimum atomic E-state index is -1.21. The summed E-state index contributed by atoms with van der Waals surface area (Å²) in [4.78, 5) is 56.5. The minimum Gasteiger partial charge on any atom is -0.480 e. The third kappa shape index (κ3) is 10.3. The molecule has 0 spiro atoms. The number of amides is 3. The summed E-state index contributed by atoms with van der Waals surface area (Å²) < 4.78 is 0. The number of aromatic nitrogens is 2. The molecule has 1 aromatic heterocycles. The fourth-order valence-electron chi connectivity index (χ4n) is 3.19. The number of unbranched alkanes of at least 4 members (excludes halogenated alkanes) is 1. The largest absolute Gasteiger partial charge is 0.480 e. The average Bonchev–Trinajstić information content (AvgIpc) is 3.29. The first-order valence-electron chi connectivity index (χ1n) is 11.3. The molecule has 0 bridgehead atoms. The highest BCUT2D eigenvalue weighted by Gasteiger charge is 2.30. The van der Waals surface area contributed by atoms with Crippen molar-refractivity contribution in [3.05, 3.63) is 18.2 Å². The number of carbonyl (C=O) groups excluding carboxylic acids is 3. The zero-order chi connectivity index (χ0) is 25.7. The van der Waals surface area contributed by atoms with Crippen LogP contribution in [0, 0.1) is 5.92 Å². The number of aliphatic hydroxyl groups is 1. The summed E-state index contributed by atoms with van der Waals surface area (Å²) in [6.45, 7) is 3.46. The number of nitrogens with zero attached hydrogens (tertiary/aromatic N) is 1. The molecule has 0 aliphatic heterocycles. The molecule has 1 heterocycles. The molecule has 4 unspecified atom stereocenters. The van der Waals surface area contributed by atoms with E-state index < -0.39 is 54.5 Å². The predicted octanol–water partition coefficient (Wildman–Crippen LogP) is -2.01. The molecule has 0 aliphatic rings. The van der Waals surface area contributed by atoms with Gasteiger partial charge < -0.3 is 42.6 Å². The zero-order valence-corrected chi connectivity index (χ0v) is 19.6. The van der Waals surface area contributed by atoms with E-state index in [1.54, 1.807) is 0 Å². The zero-order valence-electron chi connectivity index (χ0n) is 19.6. The van der Waals surface area contributed by atoms with Crippen molar-refractivity contribution in [3.8, 4) is 0 Å². The number of aliphatic hydroxyl groups excluding tert-OH is 1. The summed E-state index contributed by atoms with van der Waals surface area (Å²) in [5.74, 6) is -3.22. The lowest BCUT2D eigenvalue weighted by Crippen LogP contribution is -2.58. The van der Waals surface area contributed by atoms with Gasteiger partial charge in [0.15, 0.2) is 0 Å². The van der Waals surface area contributed by atoms with E-state index in [4.69, 9.17) is 16.6 Å². The number of rotatable bonds is 16. The second kappa shape index (κ2) is 15.0. The van der Waals surface area contributed by atoms with Gasteiger partial charge >= 0.3 is 5.97 Å². The first-order chi connectivity index (χ1) is 16.1. The number of hydrogen-bond acceptors (Lipinski definition) is 8. The normalized spacial score (nSPS) is 14.6. The maximum atomic E-state index is 13.0. The number of aromatic amines is 1. The summed E-state index contributed by atoms with van der Waals surface area (Å²) in [7, 11) is 0. The molecule has 10 N–H and O–H groups in total. The molecule has 34 heavy (non-hydrogen) atoms. The third-order valence-corrected chi connectivity index (χ3v) is 5.05. The molecule has 3 amide bonds. The van der Waals surface area contributed by atoms with Crippen LogP contribution in [0.2, 0.25) is 0 Å². The Morgan fingerprint density at radius 1 is 1.03 bits per heavy atom. The molecule has 0 radical (unpaired) electrons. The van der Waals surface area contributed by atoms with Gasteiger partial charge in [0.2, 0.25) is 17.7 Å². The molecule has 4 atom stereocenters. The van der Waals surface area contributed by atoms with Gasteiger partial charge in [0.05, 0.1) is 12.9 Å². The maximum Gasteiger partial charge on any atom is 0.326 e. The van der Waals surface area contributed by atoms with E-state index >= 15 is 0 Å². The lowest BCUT2D eigenvalue weighted by atomic mass is 10.0. The van der Waals surface area contributed by atoms with Crippen molar-refractivity contribution in [1.82, 2.24) is 25.9 Å². The van der Waals surface area contributed by atoms with E-state index in [1.165, 1.54) is 12.5 Å². The van der Waals surface area contributed by atoms with Crippen LogP contribution in [0.3, 0.4) is 0 Å². The number of H-pyrrole nitrogens is 1. The van der Waals surface area contributed by atoms with Crippen molar-refractivity contribution in [2.75, 3.05) is 13.2 Å². The fourth-order valence-corrected chi connectivity index (χ4v) is 3.19. The van der Waals surface area contributed by atoms with Crippen LogP contribution >= 0.6 is 0 Å². The van der Waals surface area contributed by atoms with Crippen LogP contribution in [0.25, 0.3) is 0 Å². The Labute approximate surface area is 198 Å². The van der Waals surface area contributed by atoms with Crippen molar-refractivity contribution < 1.29 is 29.4 Å². The van der Waals surface area contributed by atoms with E-state index in [0.29, 0.717) is 25.1 Å². The van der Waals surface area contributed by atoms with E-state index in [-0.39, 0.29) is 25.2 Å².